The van der Waals surface area contributed by atoms with Crippen LogP contribution < -0.4 is 10.2 Å². The monoisotopic (exact) mass is 223 g/mol. The van der Waals surface area contributed by atoms with Gasteiger partial charge in [0.25, 0.3) is 0 Å². The average Bonchev–Trinajstić information content (AvgIpc) is 2.76. The SMILES string of the molecule is Clc1cncc(N2CC3CNCC3C2)c1. The first-order valence-corrected chi connectivity index (χ1v) is 5.77. The molecule has 1 aromatic heterocycles. The Hall–Kier alpha value is -0.800. The minimum absolute atomic E-state index is 0.725. The molecule has 2 unspecified atom stereocenters. The summed E-state index contributed by atoms with van der Waals surface area (Å²) in [5.74, 6) is 1.62. The number of nitrogens with zero attached hydrogens (tertiary/aromatic N) is 2. The first-order chi connectivity index (χ1) is 7.33. The maximum absolute atomic E-state index is 5.94. The third-order valence-corrected chi connectivity index (χ3v) is 3.65. The van der Waals surface area contributed by atoms with Gasteiger partial charge in [0, 0.05) is 32.4 Å². The van der Waals surface area contributed by atoms with Crippen molar-refractivity contribution in [3.8, 4) is 0 Å². The number of hydrogen-bond donors (Lipinski definition) is 1. The van der Waals surface area contributed by atoms with Crippen LogP contribution in [0.1, 0.15) is 0 Å². The summed E-state index contributed by atoms with van der Waals surface area (Å²) in [6, 6.07) is 2.00. The van der Waals surface area contributed by atoms with E-state index in [1.54, 1.807) is 6.20 Å². The molecule has 2 aliphatic rings. The molecule has 0 spiro atoms. The standard InChI is InChI=1S/C11H14ClN3/c12-10-1-11(5-14-4-10)15-6-8-2-13-3-9(8)7-15/h1,4-5,8-9,13H,2-3,6-7H2. The molecule has 15 heavy (non-hydrogen) atoms. The Morgan fingerprint density at radius 1 is 1.27 bits per heavy atom. The Kier molecular flexibility index (Phi) is 2.29. The fraction of sp³-hybridized carbons (Fsp3) is 0.545. The molecule has 3 nitrogen and oxygen atoms in total. The van der Waals surface area contributed by atoms with E-state index in [2.05, 4.69) is 15.2 Å². The number of rotatable bonds is 1. The van der Waals surface area contributed by atoms with Crippen LogP contribution in [0.4, 0.5) is 5.69 Å². The van der Waals surface area contributed by atoms with Crippen molar-refractivity contribution in [1.29, 1.82) is 0 Å². The normalized spacial score (nSPS) is 29.5. The van der Waals surface area contributed by atoms with Gasteiger partial charge in [-0.1, -0.05) is 11.6 Å². The molecule has 0 aliphatic carbocycles. The summed E-state index contributed by atoms with van der Waals surface area (Å²) < 4.78 is 0. The maximum Gasteiger partial charge on any atom is 0.0609 e. The summed E-state index contributed by atoms with van der Waals surface area (Å²) in [5, 5.41) is 4.16. The highest BCUT2D eigenvalue weighted by Crippen LogP contribution is 2.30. The zero-order chi connectivity index (χ0) is 10.3. The van der Waals surface area contributed by atoms with Gasteiger partial charge in [-0.3, -0.25) is 4.98 Å². The van der Waals surface area contributed by atoms with Crippen LogP contribution in [0.5, 0.6) is 0 Å². The molecule has 0 saturated carbocycles. The van der Waals surface area contributed by atoms with Gasteiger partial charge in [0.1, 0.15) is 0 Å². The van der Waals surface area contributed by atoms with Crippen molar-refractivity contribution in [2.75, 3.05) is 31.1 Å². The summed E-state index contributed by atoms with van der Waals surface area (Å²) in [7, 11) is 0. The van der Waals surface area contributed by atoms with Crippen molar-refractivity contribution in [1.82, 2.24) is 10.3 Å². The van der Waals surface area contributed by atoms with Crippen molar-refractivity contribution in [2.45, 2.75) is 0 Å². The van der Waals surface area contributed by atoms with Crippen LogP contribution in [0, 0.1) is 11.8 Å². The van der Waals surface area contributed by atoms with E-state index < -0.39 is 0 Å². The lowest BCUT2D eigenvalue weighted by Gasteiger charge is -2.19. The second-order valence-electron chi connectivity index (χ2n) is 4.44. The molecular weight excluding hydrogens is 210 g/mol. The van der Waals surface area contributed by atoms with Crippen LogP contribution in [0.25, 0.3) is 0 Å². The number of aromatic nitrogens is 1. The summed E-state index contributed by atoms with van der Waals surface area (Å²) in [6.07, 6.45) is 3.59. The zero-order valence-electron chi connectivity index (χ0n) is 8.49. The summed E-state index contributed by atoms with van der Waals surface area (Å²) >= 11 is 5.94. The van der Waals surface area contributed by atoms with Gasteiger partial charge in [0.2, 0.25) is 0 Å². The zero-order valence-corrected chi connectivity index (χ0v) is 9.24. The minimum Gasteiger partial charge on any atom is -0.370 e. The highest BCUT2D eigenvalue weighted by Gasteiger charge is 2.36. The van der Waals surface area contributed by atoms with Crippen molar-refractivity contribution in [3.63, 3.8) is 0 Å². The Balaban J connectivity index is 1.79. The van der Waals surface area contributed by atoms with Gasteiger partial charge in [0.15, 0.2) is 0 Å². The van der Waals surface area contributed by atoms with Gasteiger partial charge in [0.05, 0.1) is 16.9 Å². The molecule has 80 valence electrons. The maximum atomic E-state index is 5.94. The lowest BCUT2D eigenvalue weighted by Crippen LogP contribution is -2.25. The van der Waals surface area contributed by atoms with E-state index in [-0.39, 0.29) is 0 Å². The molecule has 1 N–H and O–H groups in total. The quantitative estimate of drug-likeness (QED) is 0.780. The van der Waals surface area contributed by atoms with Crippen LogP contribution in [0.15, 0.2) is 18.5 Å². The van der Waals surface area contributed by atoms with E-state index in [0.717, 1.165) is 48.7 Å². The molecule has 0 aromatic carbocycles. The second kappa shape index (κ2) is 3.65. The molecule has 2 aliphatic heterocycles. The number of anilines is 1. The van der Waals surface area contributed by atoms with E-state index >= 15 is 0 Å². The Morgan fingerprint density at radius 2 is 2.00 bits per heavy atom. The molecule has 2 saturated heterocycles. The minimum atomic E-state index is 0.725. The van der Waals surface area contributed by atoms with Gasteiger partial charge in [-0.2, -0.15) is 0 Å². The third kappa shape index (κ3) is 1.70. The number of halogens is 1. The Bertz CT molecular complexity index is 357. The molecule has 3 rings (SSSR count). The van der Waals surface area contributed by atoms with Gasteiger partial charge in [-0.25, -0.2) is 0 Å². The summed E-state index contributed by atoms with van der Waals surface area (Å²) in [6.45, 7) is 4.60. The number of pyridine rings is 1. The Morgan fingerprint density at radius 3 is 2.67 bits per heavy atom. The molecule has 0 bridgehead atoms. The van der Waals surface area contributed by atoms with E-state index in [4.69, 9.17) is 11.6 Å². The van der Waals surface area contributed by atoms with Gasteiger partial charge in [-0.05, 0) is 17.9 Å². The van der Waals surface area contributed by atoms with Gasteiger partial charge in [-0.15, -0.1) is 0 Å². The topological polar surface area (TPSA) is 28.2 Å². The molecular formula is C11H14ClN3. The highest BCUT2D eigenvalue weighted by atomic mass is 35.5. The van der Waals surface area contributed by atoms with Crippen molar-refractivity contribution >= 4 is 17.3 Å². The van der Waals surface area contributed by atoms with Crippen molar-refractivity contribution in [3.05, 3.63) is 23.5 Å². The third-order valence-electron chi connectivity index (χ3n) is 3.45. The van der Waals surface area contributed by atoms with Crippen molar-refractivity contribution < 1.29 is 0 Å². The lowest BCUT2D eigenvalue weighted by molar-refractivity contribution is 0.533. The molecule has 0 radical (unpaired) electrons. The first kappa shape index (κ1) is 9.43. The predicted octanol–water partition coefficient (Wildman–Crippen LogP) is 1.39. The molecule has 0 amide bonds. The number of fused-ring (bicyclic) bond motifs is 1. The van der Waals surface area contributed by atoms with Crippen LogP contribution in [0.3, 0.4) is 0 Å². The molecule has 2 atom stereocenters. The highest BCUT2D eigenvalue weighted by molar-refractivity contribution is 6.30. The van der Waals surface area contributed by atoms with Crippen LogP contribution >= 0.6 is 11.6 Å². The predicted molar refractivity (Wildman–Crippen MR) is 61.3 cm³/mol. The van der Waals surface area contributed by atoms with Gasteiger partial charge < -0.3 is 10.2 Å². The largest absolute Gasteiger partial charge is 0.370 e. The van der Waals surface area contributed by atoms with Gasteiger partial charge >= 0.3 is 0 Å². The second-order valence-corrected chi connectivity index (χ2v) is 4.88. The number of hydrogen-bond acceptors (Lipinski definition) is 3. The smallest absolute Gasteiger partial charge is 0.0609 e. The lowest BCUT2D eigenvalue weighted by atomic mass is 10.0. The fourth-order valence-electron chi connectivity index (χ4n) is 2.64. The first-order valence-electron chi connectivity index (χ1n) is 5.39. The molecule has 1 aromatic rings. The summed E-state index contributed by atoms with van der Waals surface area (Å²) in [4.78, 5) is 6.53. The fourth-order valence-corrected chi connectivity index (χ4v) is 2.81. The van der Waals surface area contributed by atoms with E-state index in [0.29, 0.717) is 0 Å². The Labute approximate surface area is 94.4 Å². The van der Waals surface area contributed by atoms with E-state index in [1.807, 2.05) is 12.3 Å². The van der Waals surface area contributed by atoms with Crippen LogP contribution in [-0.4, -0.2) is 31.2 Å². The molecule has 3 heterocycles. The molecule has 2 fully saturated rings. The molecule has 4 heteroatoms. The van der Waals surface area contributed by atoms with Crippen molar-refractivity contribution in [2.24, 2.45) is 11.8 Å². The van der Waals surface area contributed by atoms with Crippen LogP contribution in [-0.2, 0) is 0 Å². The van der Waals surface area contributed by atoms with E-state index in [9.17, 15) is 0 Å². The van der Waals surface area contributed by atoms with E-state index in [1.165, 1.54) is 0 Å². The van der Waals surface area contributed by atoms with Crippen LogP contribution in [0.2, 0.25) is 5.02 Å². The average molecular weight is 224 g/mol. The summed E-state index contributed by atoms with van der Waals surface area (Å²) in [5.41, 5.74) is 1.16. The number of nitrogens with one attached hydrogen (secondary N) is 1.